The first-order chi connectivity index (χ1) is 36.0. The van der Waals surface area contributed by atoms with Crippen molar-refractivity contribution >= 4 is 91.7 Å². The molecule has 2 bridgehead atoms. The highest BCUT2D eigenvalue weighted by atomic mass is 127. The monoisotopic (exact) mass is 1300 g/mol. The minimum Gasteiger partial charge on any atom is -0.506 e. The molecule has 3 aromatic rings. The van der Waals surface area contributed by atoms with E-state index in [0.29, 0.717) is 67.6 Å². The molecule has 1 amide bonds. The zero-order valence-corrected chi connectivity index (χ0v) is 50.0. The third-order valence-corrected chi connectivity index (χ3v) is 16.7. The van der Waals surface area contributed by atoms with Gasteiger partial charge >= 0.3 is 5.97 Å². The Labute approximate surface area is 483 Å². The van der Waals surface area contributed by atoms with E-state index in [2.05, 4.69) is 98.9 Å². The van der Waals surface area contributed by atoms with Gasteiger partial charge in [0.1, 0.15) is 42.7 Å². The van der Waals surface area contributed by atoms with Gasteiger partial charge in [-0.1, -0.05) is 116 Å². The lowest BCUT2D eigenvalue weighted by atomic mass is 9.71. The molecule has 3 fully saturated rings. The van der Waals surface area contributed by atoms with Gasteiger partial charge in [0.15, 0.2) is 5.79 Å². The summed E-state index contributed by atoms with van der Waals surface area (Å²) in [5.74, 6) is -3.23. The maximum atomic E-state index is 14.2. The van der Waals surface area contributed by atoms with Crippen molar-refractivity contribution in [2.24, 2.45) is 28.8 Å². The summed E-state index contributed by atoms with van der Waals surface area (Å²) in [6, 6.07) is 16.1. The number of ether oxygens (including phenoxy) is 4. The Bertz CT molecular complexity index is 2910. The van der Waals surface area contributed by atoms with Gasteiger partial charge in [0.05, 0.1) is 45.6 Å². The van der Waals surface area contributed by atoms with Crippen molar-refractivity contribution in [1.29, 1.82) is 5.26 Å². The molecule has 0 radical (unpaired) electrons. The van der Waals surface area contributed by atoms with E-state index in [1.807, 2.05) is 41.7 Å². The Morgan fingerprint density at radius 1 is 1.07 bits per heavy atom. The molecule has 3 saturated heterocycles. The number of aliphatic hydroxyl groups excluding tert-OH is 1. The lowest BCUT2D eigenvalue weighted by Crippen LogP contribution is -2.59. The molecule has 17 heteroatoms. The number of anilines is 1. The molecule has 76 heavy (non-hydrogen) atoms. The van der Waals surface area contributed by atoms with Gasteiger partial charge in [0.2, 0.25) is 0 Å². The number of nitriles is 1. The maximum Gasteiger partial charge on any atom is 0.316 e. The number of allylic oxidation sites excluding steroid dienone is 5. The lowest BCUT2D eigenvalue weighted by molar-refractivity contribution is -0.313. The van der Waals surface area contributed by atoms with Crippen LogP contribution < -0.4 is 5.32 Å². The van der Waals surface area contributed by atoms with Crippen LogP contribution in [-0.4, -0.2) is 88.5 Å². The zero-order valence-electron chi connectivity index (χ0n) is 44.2. The molecule has 5 aliphatic rings. The molecule has 3 aromatic carbocycles. The van der Waals surface area contributed by atoms with Crippen LogP contribution in [0, 0.1) is 49.1 Å². The van der Waals surface area contributed by atoms with Crippen LogP contribution in [0.4, 0.5) is 5.69 Å². The van der Waals surface area contributed by atoms with E-state index in [1.54, 1.807) is 68.6 Å². The van der Waals surface area contributed by atoms with Gasteiger partial charge in [-0.2, -0.15) is 5.26 Å². The first-order valence-corrected chi connectivity index (χ1v) is 28.4. The van der Waals surface area contributed by atoms with Crippen molar-refractivity contribution in [1.82, 2.24) is 0 Å². The number of halogens is 4. The van der Waals surface area contributed by atoms with Gasteiger partial charge in [0.25, 0.3) is 5.91 Å². The molecule has 4 N–H and O–H groups in total. The number of fused-ring (bicyclic) bond motifs is 2. The molecule has 8 rings (SSSR count). The summed E-state index contributed by atoms with van der Waals surface area (Å²) in [7, 11) is 1.55. The summed E-state index contributed by atoms with van der Waals surface area (Å²) in [6.45, 7) is 16.4. The largest absolute Gasteiger partial charge is 0.506 e. The number of carbonyl (C=O) groups is 2. The Hall–Kier alpha value is -4.10. The molecule has 0 saturated carbocycles. The second kappa shape index (κ2) is 25.3. The molecular weight excluding hydrogens is 1240 g/mol. The number of esters is 1. The van der Waals surface area contributed by atoms with Crippen LogP contribution >= 0.6 is 68.4 Å². The first kappa shape index (κ1) is 59.6. The van der Waals surface area contributed by atoms with Crippen molar-refractivity contribution in [3.8, 4) is 11.8 Å². The highest BCUT2D eigenvalue weighted by Crippen LogP contribution is 2.48. The molecule has 1 spiro atoms. The third-order valence-electron chi connectivity index (χ3n) is 14.7. The molecule has 1 aliphatic carbocycles. The summed E-state index contributed by atoms with van der Waals surface area (Å²) in [5.41, 5.74) is 5.40. The van der Waals surface area contributed by atoms with Crippen LogP contribution in [0.1, 0.15) is 114 Å². The molecule has 13 nitrogen and oxygen atoms in total. The van der Waals surface area contributed by atoms with Gasteiger partial charge < -0.3 is 44.4 Å². The molecular formula is C59H67Cl2I2N3O10. The number of benzene rings is 3. The molecule has 406 valence electrons. The van der Waals surface area contributed by atoms with Crippen LogP contribution in [-0.2, 0) is 28.6 Å². The number of carbonyl (C=O) groups excluding carboxylic acids is 2. The van der Waals surface area contributed by atoms with E-state index in [9.17, 15) is 30.2 Å². The fourth-order valence-electron chi connectivity index (χ4n) is 10.9. The van der Waals surface area contributed by atoms with E-state index in [-0.39, 0.29) is 42.0 Å². The van der Waals surface area contributed by atoms with Gasteiger partial charge in [-0.25, -0.2) is 0 Å². The van der Waals surface area contributed by atoms with Crippen molar-refractivity contribution in [3.05, 3.63) is 147 Å². The minimum atomic E-state index is -1.74. The quantitative estimate of drug-likeness (QED) is 0.0762. The highest BCUT2D eigenvalue weighted by molar-refractivity contribution is 14.1. The van der Waals surface area contributed by atoms with Crippen molar-refractivity contribution in [3.63, 3.8) is 0 Å². The predicted molar refractivity (Wildman–Crippen MR) is 312 cm³/mol. The SMILES string of the molecule is CO/N=C1/C[C@]2(C[C@@H]3C[C@@H](C/C=C(\C)C[C@@H](C)/C=C/C=C4\CO[C@@H]5[C@H](O)C(C)=C[C@@H](C(=O)O3)[C@]45O)O2)O[C@H](/C(C)=C/C(C)C)[C@H]1C.Cc1cc(C(C#N)c2ccc(Cl)cc2)c(Cl)cc1NC(=O)c1cc(I)cc(I)c1O. The number of phenolic OH excluding ortho intramolecular Hbond substituents is 1. The molecule has 0 aromatic heterocycles. The van der Waals surface area contributed by atoms with Crippen LogP contribution in [0.25, 0.3) is 0 Å². The van der Waals surface area contributed by atoms with Crippen molar-refractivity contribution in [2.45, 2.75) is 135 Å². The normalized spacial score (nSPS) is 31.5. The molecule has 4 heterocycles. The minimum absolute atomic E-state index is 0.0340. The van der Waals surface area contributed by atoms with Gasteiger partial charge in [0, 0.05) is 44.5 Å². The maximum absolute atomic E-state index is 14.2. The standard InChI is InChI=1S/C37H53NO8.C22H14Cl2I2N2O2/c1-21(2)14-25(6)33-26(7)31(38-42-8)19-36(46-33)18-29-17-28(45-36)13-12-23(4)15-22(3)10-9-11-27-20-43-34-32(39)24(5)16-30(35(40)44-29)37(27,34)41;1-11-6-15(17(10-27)12-2-4-13(23)5-3-12)18(24)9-20(11)28-22(30)16-7-14(25)8-19(26)21(16)29/h9-12,14,16,21-22,26,28-30,32-34,39,41H,13,15,17-20H2,1-8H3;2-9,17,29H,1H3,(H,28,30)/b10-9+,23-12+,25-14+,27-11+,38-31-;/t22-,26-,28+,29-,30-,32+,33+,34+,36-,37+;/m0./s1. The van der Waals surface area contributed by atoms with E-state index < -0.39 is 53.4 Å². The number of nitrogens with one attached hydrogen (secondary N) is 1. The molecule has 1 unspecified atom stereocenters. The number of aliphatic hydroxyl groups is 2. The Morgan fingerprint density at radius 2 is 1.79 bits per heavy atom. The smallest absolute Gasteiger partial charge is 0.316 e. The fourth-order valence-corrected chi connectivity index (χ4v) is 13.1. The number of aryl methyl sites for hydroxylation is 1. The van der Waals surface area contributed by atoms with E-state index >= 15 is 0 Å². The van der Waals surface area contributed by atoms with E-state index in [1.165, 1.54) is 5.57 Å². The zero-order chi connectivity index (χ0) is 55.4. The van der Waals surface area contributed by atoms with E-state index in [4.69, 9.17) is 47.0 Å². The lowest BCUT2D eigenvalue weighted by Gasteiger charge is -2.50. The Balaban J connectivity index is 0.000000242. The number of hydrogen-bond acceptors (Lipinski definition) is 12. The number of amides is 1. The van der Waals surface area contributed by atoms with Crippen molar-refractivity contribution in [2.75, 3.05) is 19.0 Å². The average Bonchev–Trinajstić information content (AvgIpc) is 3.70. The van der Waals surface area contributed by atoms with Crippen LogP contribution in [0.15, 0.2) is 112 Å². The second-order valence-corrected chi connectivity index (χ2v) is 24.3. The molecule has 4 aliphatic heterocycles. The average molecular weight is 1300 g/mol. The van der Waals surface area contributed by atoms with Gasteiger partial charge in [-0.15, -0.1) is 0 Å². The second-order valence-electron chi connectivity index (χ2n) is 21.0. The van der Waals surface area contributed by atoms with E-state index in [0.717, 1.165) is 32.4 Å². The van der Waals surface area contributed by atoms with Gasteiger partial charge in [-0.05, 0) is 161 Å². The fraction of sp³-hybridized carbons (Fsp3) is 0.458. The topological polar surface area (TPSA) is 189 Å². The summed E-state index contributed by atoms with van der Waals surface area (Å²) >= 11 is 16.5. The van der Waals surface area contributed by atoms with Gasteiger partial charge in [-0.3, -0.25) is 9.59 Å². The number of oxime groups is 1. The summed E-state index contributed by atoms with van der Waals surface area (Å²) in [5, 5.41) is 51.3. The Morgan fingerprint density at radius 3 is 2.47 bits per heavy atom. The number of nitrogens with zero attached hydrogens (tertiary/aromatic N) is 2. The molecule has 11 atom stereocenters. The number of phenols is 1. The summed E-state index contributed by atoms with van der Waals surface area (Å²) < 4.78 is 27.5. The Kier molecular flexibility index (Phi) is 19.9. The van der Waals surface area contributed by atoms with Crippen LogP contribution in [0.5, 0.6) is 5.75 Å². The van der Waals surface area contributed by atoms with Crippen LogP contribution in [0.2, 0.25) is 10.0 Å². The number of rotatable bonds is 7. The van der Waals surface area contributed by atoms with Crippen LogP contribution in [0.3, 0.4) is 0 Å². The third kappa shape index (κ3) is 13.5. The predicted octanol–water partition coefficient (Wildman–Crippen LogP) is 12.9. The summed E-state index contributed by atoms with van der Waals surface area (Å²) in [6.07, 6.45) is 11.4. The summed E-state index contributed by atoms with van der Waals surface area (Å²) in [4.78, 5) is 32.2. The van der Waals surface area contributed by atoms with Crippen molar-refractivity contribution < 1.29 is 48.7 Å². The first-order valence-electron chi connectivity index (χ1n) is 25.5. The number of hydrogen-bond donors (Lipinski definition) is 4. The highest BCUT2D eigenvalue weighted by Gasteiger charge is 2.60. The number of aromatic hydroxyl groups is 1.